The average molecular weight is 346 g/mol. The number of anilines is 2. The van der Waals surface area contributed by atoms with Gasteiger partial charge in [-0.1, -0.05) is 0 Å². The summed E-state index contributed by atoms with van der Waals surface area (Å²) in [4.78, 5) is 11.8. The molecule has 8 heteroatoms. The van der Waals surface area contributed by atoms with Crippen LogP contribution in [0.5, 0.6) is 11.8 Å². The highest BCUT2D eigenvalue weighted by Gasteiger charge is 2.07. The minimum Gasteiger partial charge on any atom is -0.496 e. The molecule has 0 aliphatic carbocycles. The molecule has 1 N–H and O–H groups in total. The van der Waals surface area contributed by atoms with Crippen molar-refractivity contribution in [2.45, 2.75) is 0 Å². The maximum Gasteiger partial charge on any atom is 0.322 e. The molecule has 1 aromatic carbocycles. The molecule has 0 radical (unpaired) electrons. The fraction of sp³-hybridized carbons (Fsp3) is 0.182. The molecule has 0 atom stereocenters. The molecule has 0 saturated heterocycles. The van der Waals surface area contributed by atoms with E-state index in [0.717, 1.165) is 15.9 Å². The topological polar surface area (TPSA) is 69.2 Å². The van der Waals surface area contributed by atoms with Crippen LogP contribution in [-0.4, -0.2) is 29.2 Å². The molecule has 100 valence electrons. The van der Waals surface area contributed by atoms with Crippen LogP contribution in [0.25, 0.3) is 0 Å². The van der Waals surface area contributed by atoms with Crippen molar-refractivity contribution in [2.75, 3.05) is 19.5 Å². The predicted molar refractivity (Wildman–Crippen MR) is 75.4 cm³/mol. The van der Waals surface area contributed by atoms with Gasteiger partial charge in [-0.05, 0) is 45.7 Å². The first kappa shape index (κ1) is 13.8. The summed E-state index contributed by atoms with van der Waals surface area (Å²) in [7, 11) is 3.06. The van der Waals surface area contributed by atoms with Gasteiger partial charge in [-0.25, -0.2) is 0 Å². The molecule has 0 saturated carbocycles. The van der Waals surface area contributed by atoms with Crippen molar-refractivity contribution in [3.63, 3.8) is 0 Å². The molecule has 1 heterocycles. The number of nitrogens with zero attached hydrogens (tertiary/aromatic N) is 3. The van der Waals surface area contributed by atoms with E-state index in [1.54, 1.807) is 7.11 Å². The molecule has 1 aromatic heterocycles. The lowest BCUT2D eigenvalue weighted by molar-refractivity contribution is 0.379. The summed E-state index contributed by atoms with van der Waals surface area (Å²) >= 11 is 9.16. The lowest BCUT2D eigenvalue weighted by Crippen LogP contribution is -2.01. The number of halogens is 2. The summed E-state index contributed by atoms with van der Waals surface area (Å²) in [5.74, 6) is 1.03. The molecule has 2 rings (SSSR count). The zero-order chi connectivity index (χ0) is 13.8. The Kier molecular flexibility index (Phi) is 4.39. The Hall–Kier alpha value is -1.60. The molecule has 6 nitrogen and oxygen atoms in total. The van der Waals surface area contributed by atoms with Crippen molar-refractivity contribution < 1.29 is 9.47 Å². The molecule has 0 bridgehead atoms. The fourth-order valence-corrected chi connectivity index (χ4v) is 2.05. The van der Waals surface area contributed by atoms with E-state index in [4.69, 9.17) is 21.1 Å². The molecule has 0 spiro atoms. The van der Waals surface area contributed by atoms with Crippen molar-refractivity contribution in [1.29, 1.82) is 0 Å². The minimum atomic E-state index is 0.0573. The van der Waals surface area contributed by atoms with Crippen LogP contribution in [0.4, 0.5) is 11.6 Å². The molecular weight excluding hydrogens is 336 g/mol. The SMILES string of the molecule is COc1nc(Cl)nc(Nc2ccc(OC)c(Br)c2)n1. The number of hydrogen-bond donors (Lipinski definition) is 1. The Bertz CT molecular complexity index is 597. The van der Waals surface area contributed by atoms with E-state index < -0.39 is 0 Å². The van der Waals surface area contributed by atoms with Gasteiger partial charge >= 0.3 is 6.01 Å². The van der Waals surface area contributed by atoms with E-state index >= 15 is 0 Å². The number of nitrogens with one attached hydrogen (secondary N) is 1. The summed E-state index contributed by atoms with van der Waals surface area (Å²) in [5, 5.41) is 3.06. The van der Waals surface area contributed by atoms with E-state index in [1.165, 1.54) is 7.11 Å². The van der Waals surface area contributed by atoms with Crippen LogP contribution in [0.1, 0.15) is 0 Å². The first-order valence-electron chi connectivity index (χ1n) is 5.18. The maximum atomic E-state index is 5.76. The summed E-state index contributed by atoms with van der Waals surface area (Å²) in [5.41, 5.74) is 0.775. The monoisotopic (exact) mass is 344 g/mol. The highest BCUT2D eigenvalue weighted by molar-refractivity contribution is 9.10. The third-order valence-electron chi connectivity index (χ3n) is 2.18. The van der Waals surface area contributed by atoms with Crippen LogP contribution in [0.15, 0.2) is 22.7 Å². The van der Waals surface area contributed by atoms with E-state index in [9.17, 15) is 0 Å². The van der Waals surface area contributed by atoms with Crippen LogP contribution in [0.2, 0.25) is 5.28 Å². The second kappa shape index (κ2) is 6.03. The van der Waals surface area contributed by atoms with Crippen LogP contribution in [0, 0.1) is 0 Å². The lowest BCUT2D eigenvalue weighted by atomic mass is 10.3. The zero-order valence-corrected chi connectivity index (χ0v) is 12.5. The van der Waals surface area contributed by atoms with Gasteiger partial charge < -0.3 is 14.8 Å². The van der Waals surface area contributed by atoms with Gasteiger partial charge in [0.15, 0.2) is 0 Å². The third-order valence-corrected chi connectivity index (χ3v) is 2.97. The first-order chi connectivity index (χ1) is 9.12. The summed E-state index contributed by atoms with van der Waals surface area (Å²) in [6, 6.07) is 5.62. The van der Waals surface area contributed by atoms with Gasteiger partial charge in [0.25, 0.3) is 0 Å². The van der Waals surface area contributed by atoms with Gasteiger partial charge in [-0.3, -0.25) is 0 Å². The Labute approximate surface area is 123 Å². The number of aromatic nitrogens is 3. The Morgan fingerprint density at radius 3 is 2.58 bits per heavy atom. The number of benzene rings is 1. The van der Waals surface area contributed by atoms with Crippen molar-refractivity contribution in [3.05, 3.63) is 28.0 Å². The van der Waals surface area contributed by atoms with E-state index in [2.05, 4.69) is 36.2 Å². The van der Waals surface area contributed by atoms with Gasteiger partial charge in [0.1, 0.15) is 5.75 Å². The number of rotatable bonds is 4. The van der Waals surface area contributed by atoms with Crippen LogP contribution in [-0.2, 0) is 0 Å². The molecule has 2 aromatic rings. The summed E-state index contributed by atoms with van der Waals surface area (Å²) in [6.07, 6.45) is 0. The summed E-state index contributed by atoms with van der Waals surface area (Å²) < 4.78 is 10.9. The Morgan fingerprint density at radius 1 is 1.16 bits per heavy atom. The lowest BCUT2D eigenvalue weighted by Gasteiger charge is -2.08. The molecule has 19 heavy (non-hydrogen) atoms. The number of methoxy groups -OCH3 is 2. The summed E-state index contributed by atoms with van der Waals surface area (Å²) in [6.45, 7) is 0. The normalized spacial score (nSPS) is 10.1. The standard InChI is InChI=1S/C11H10BrClN4O2/c1-18-8-4-3-6(5-7(8)12)14-10-15-9(13)16-11(17-10)19-2/h3-5H,1-2H3,(H,14,15,16,17). The molecular formula is C11H10BrClN4O2. The van der Waals surface area contributed by atoms with E-state index in [0.29, 0.717) is 5.95 Å². The molecule has 0 unspecified atom stereocenters. The van der Waals surface area contributed by atoms with Crippen molar-refractivity contribution >= 4 is 39.2 Å². The molecule has 0 aliphatic rings. The third kappa shape index (κ3) is 3.45. The quantitative estimate of drug-likeness (QED) is 0.918. The minimum absolute atomic E-state index is 0.0573. The van der Waals surface area contributed by atoms with Crippen molar-refractivity contribution in [2.24, 2.45) is 0 Å². The van der Waals surface area contributed by atoms with Crippen LogP contribution in [0.3, 0.4) is 0 Å². The van der Waals surface area contributed by atoms with Crippen molar-refractivity contribution in [3.8, 4) is 11.8 Å². The van der Waals surface area contributed by atoms with Crippen molar-refractivity contribution in [1.82, 2.24) is 15.0 Å². The van der Waals surface area contributed by atoms with Gasteiger partial charge in [0.2, 0.25) is 11.2 Å². The molecule has 0 aliphatic heterocycles. The Balaban J connectivity index is 2.25. The Morgan fingerprint density at radius 2 is 1.95 bits per heavy atom. The highest BCUT2D eigenvalue weighted by atomic mass is 79.9. The van der Waals surface area contributed by atoms with Crippen LogP contribution < -0.4 is 14.8 Å². The van der Waals surface area contributed by atoms with Gasteiger partial charge in [0.05, 0.1) is 18.7 Å². The van der Waals surface area contributed by atoms with E-state index in [1.807, 2.05) is 18.2 Å². The second-order valence-electron chi connectivity index (χ2n) is 3.39. The number of hydrogen-bond acceptors (Lipinski definition) is 6. The predicted octanol–water partition coefficient (Wildman–Crippen LogP) is 3.05. The van der Waals surface area contributed by atoms with Gasteiger partial charge in [-0.2, -0.15) is 15.0 Å². The smallest absolute Gasteiger partial charge is 0.322 e. The molecule has 0 amide bonds. The first-order valence-corrected chi connectivity index (χ1v) is 6.35. The second-order valence-corrected chi connectivity index (χ2v) is 4.58. The molecule has 0 fully saturated rings. The average Bonchev–Trinajstić information content (AvgIpc) is 2.38. The maximum absolute atomic E-state index is 5.76. The number of ether oxygens (including phenoxy) is 2. The van der Waals surface area contributed by atoms with Gasteiger partial charge in [0, 0.05) is 5.69 Å². The highest BCUT2D eigenvalue weighted by Crippen LogP contribution is 2.28. The largest absolute Gasteiger partial charge is 0.496 e. The van der Waals surface area contributed by atoms with Gasteiger partial charge in [-0.15, -0.1) is 0 Å². The van der Waals surface area contributed by atoms with Crippen LogP contribution >= 0.6 is 27.5 Å². The zero-order valence-electron chi connectivity index (χ0n) is 10.1. The van der Waals surface area contributed by atoms with E-state index in [-0.39, 0.29) is 11.3 Å². The fourth-order valence-electron chi connectivity index (χ4n) is 1.35.